The number of rotatable bonds is 7. The van der Waals surface area contributed by atoms with Gasteiger partial charge in [-0.25, -0.2) is 0 Å². The van der Waals surface area contributed by atoms with Gasteiger partial charge in [-0.2, -0.15) is 11.8 Å². The molecular weight excluding hydrogens is 208 g/mol. The lowest BCUT2D eigenvalue weighted by Crippen LogP contribution is -2.49. The van der Waals surface area contributed by atoms with Gasteiger partial charge >= 0.3 is 0 Å². The van der Waals surface area contributed by atoms with Crippen molar-refractivity contribution in [3.8, 4) is 0 Å². The summed E-state index contributed by atoms with van der Waals surface area (Å²) < 4.78 is 0. The molecule has 1 aliphatic heterocycles. The second-order valence-corrected chi connectivity index (χ2v) is 5.01. The van der Waals surface area contributed by atoms with E-state index in [4.69, 9.17) is 0 Å². The smallest absolute Gasteiger partial charge is 0.223 e. The molecule has 86 valence electrons. The fourth-order valence-electron chi connectivity index (χ4n) is 1.45. The highest BCUT2D eigenvalue weighted by Gasteiger charge is 2.28. The normalized spacial score (nSPS) is 17.9. The zero-order valence-electron chi connectivity index (χ0n) is 9.29. The molecule has 1 heterocycles. The molecule has 1 atom stereocenters. The predicted octanol–water partition coefficient (Wildman–Crippen LogP) is 0.877. The number of hydrogen-bond acceptors (Lipinski definition) is 3. The molecule has 0 aromatic rings. The van der Waals surface area contributed by atoms with Crippen LogP contribution in [0, 0.1) is 11.8 Å². The van der Waals surface area contributed by atoms with E-state index >= 15 is 0 Å². The van der Waals surface area contributed by atoms with Crippen LogP contribution in [0.1, 0.15) is 6.92 Å². The zero-order valence-corrected chi connectivity index (χ0v) is 10.1. The monoisotopic (exact) mass is 228 g/mol. The summed E-state index contributed by atoms with van der Waals surface area (Å²) in [5.41, 5.74) is 0. The lowest BCUT2D eigenvalue weighted by molar-refractivity contribution is -0.126. The van der Waals surface area contributed by atoms with Crippen LogP contribution >= 0.6 is 11.8 Å². The maximum absolute atomic E-state index is 11.6. The van der Waals surface area contributed by atoms with Crippen LogP contribution in [0.3, 0.4) is 0 Å². The first-order valence-corrected chi connectivity index (χ1v) is 6.58. The largest absolute Gasteiger partial charge is 0.355 e. The number of carbonyl (C=O) groups excluding carboxylic acids is 1. The number of hydrogen-bond donors (Lipinski definition) is 2. The Hall–Kier alpha value is -0.480. The average molecular weight is 228 g/mol. The van der Waals surface area contributed by atoms with Gasteiger partial charge in [0.05, 0.1) is 0 Å². The lowest BCUT2D eigenvalue weighted by Gasteiger charge is -2.31. The van der Waals surface area contributed by atoms with Crippen molar-refractivity contribution < 1.29 is 4.79 Å². The van der Waals surface area contributed by atoms with Crippen molar-refractivity contribution in [3.05, 3.63) is 12.7 Å². The van der Waals surface area contributed by atoms with Crippen molar-refractivity contribution in [1.82, 2.24) is 10.6 Å². The van der Waals surface area contributed by atoms with Crippen molar-refractivity contribution in [3.63, 3.8) is 0 Å². The molecule has 3 nitrogen and oxygen atoms in total. The Bertz CT molecular complexity index is 217. The molecular formula is C11H20N2OS. The quantitative estimate of drug-likeness (QED) is 0.502. The minimum Gasteiger partial charge on any atom is -0.355 e. The van der Waals surface area contributed by atoms with Crippen molar-refractivity contribution in [2.45, 2.75) is 6.92 Å². The molecule has 1 saturated heterocycles. The van der Waals surface area contributed by atoms with Gasteiger partial charge in [-0.3, -0.25) is 4.79 Å². The number of carbonyl (C=O) groups is 1. The van der Waals surface area contributed by atoms with E-state index in [1.165, 1.54) is 0 Å². The van der Waals surface area contributed by atoms with Crippen LogP contribution in [-0.4, -0.2) is 37.0 Å². The highest BCUT2D eigenvalue weighted by molar-refractivity contribution is 7.99. The lowest BCUT2D eigenvalue weighted by atomic mass is 9.88. The molecule has 0 saturated carbocycles. The second kappa shape index (κ2) is 6.90. The minimum absolute atomic E-state index is 0.149. The summed E-state index contributed by atoms with van der Waals surface area (Å²) in [4.78, 5) is 11.6. The van der Waals surface area contributed by atoms with E-state index in [0.717, 1.165) is 31.1 Å². The minimum atomic E-state index is 0.149. The molecule has 0 bridgehead atoms. The van der Waals surface area contributed by atoms with Crippen LogP contribution in [0.5, 0.6) is 0 Å². The highest BCUT2D eigenvalue weighted by atomic mass is 32.2. The van der Waals surface area contributed by atoms with Crippen LogP contribution in [-0.2, 0) is 4.79 Å². The van der Waals surface area contributed by atoms with Gasteiger partial charge in [-0.15, -0.1) is 6.58 Å². The first-order chi connectivity index (χ1) is 7.25. The number of thioether (sulfide) groups is 1. The van der Waals surface area contributed by atoms with Gasteiger partial charge in [0, 0.05) is 24.0 Å². The second-order valence-electron chi connectivity index (χ2n) is 3.86. The summed E-state index contributed by atoms with van der Waals surface area (Å²) in [5.74, 6) is 2.80. The van der Waals surface area contributed by atoms with Crippen LogP contribution < -0.4 is 10.6 Å². The molecule has 1 fully saturated rings. The van der Waals surface area contributed by atoms with Crippen molar-refractivity contribution in [2.75, 3.05) is 31.1 Å². The molecule has 1 amide bonds. The van der Waals surface area contributed by atoms with E-state index in [1.807, 2.05) is 13.0 Å². The van der Waals surface area contributed by atoms with Crippen LogP contribution in [0.4, 0.5) is 0 Å². The standard InChI is InChI=1S/C11H20N2OS/c1-3-5-15-6-4-13-11(14)9(2)10-7-12-8-10/h3,9-10,12H,1,4-8H2,2H3,(H,13,14). The fraction of sp³-hybridized carbons (Fsp3) is 0.727. The molecule has 1 aliphatic rings. The average Bonchev–Trinajstić information content (AvgIpc) is 2.14. The molecule has 2 N–H and O–H groups in total. The van der Waals surface area contributed by atoms with Gasteiger partial charge in [-0.05, 0) is 19.0 Å². The van der Waals surface area contributed by atoms with E-state index in [9.17, 15) is 4.79 Å². The third kappa shape index (κ3) is 4.26. The topological polar surface area (TPSA) is 41.1 Å². The summed E-state index contributed by atoms with van der Waals surface area (Å²) in [5, 5.41) is 6.15. The maximum atomic E-state index is 11.6. The Kier molecular flexibility index (Phi) is 5.79. The Balaban J connectivity index is 2.04. The molecule has 4 heteroatoms. The van der Waals surface area contributed by atoms with Crippen LogP contribution in [0.2, 0.25) is 0 Å². The zero-order chi connectivity index (χ0) is 11.1. The van der Waals surface area contributed by atoms with Gasteiger partial charge in [0.25, 0.3) is 0 Å². The first kappa shape index (κ1) is 12.6. The predicted molar refractivity (Wildman–Crippen MR) is 66.1 cm³/mol. The summed E-state index contributed by atoms with van der Waals surface area (Å²) in [6.07, 6.45) is 1.88. The van der Waals surface area contributed by atoms with Crippen LogP contribution in [0.15, 0.2) is 12.7 Å². The molecule has 0 aromatic carbocycles. The molecule has 0 radical (unpaired) electrons. The molecule has 0 aromatic heterocycles. The molecule has 1 unspecified atom stereocenters. The van der Waals surface area contributed by atoms with Crippen molar-refractivity contribution in [2.24, 2.45) is 11.8 Å². The summed E-state index contributed by atoms with van der Waals surface area (Å²) >= 11 is 1.79. The summed E-state index contributed by atoms with van der Waals surface area (Å²) in [7, 11) is 0. The van der Waals surface area contributed by atoms with Crippen LogP contribution in [0.25, 0.3) is 0 Å². The molecule has 0 aliphatic carbocycles. The molecule has 0 spiro atoms. The van der Waals surface area contributed by atoms with E-state index in [2.05, 4.69) is 17.2 Å². The fourth-order valence-corrected chi connectivity index (χ4v) is 2.03. The SMILES string of the molecule is C=CCSCCNC(=O)C(C)C1CNC1. The maximum Gasteiger partial charge on any atom is 0.223 e. The third-order valence-electron chi connectivity index (χ3n) is 2.72. The Labute approximate surface area is 96.1 Å². The van der Waals surface area contributed by atoms with Crippen molar-refractivity contribution in [1.29, 1.82) is 0 Å². The Morgan fingerprint density at radius 2 is 2.47 bits per heavy atom. The van der Waals surface area contributed by atoms with E-state index < -0.39 is 0 Å². The number of nitrogens with one attached hydrogen (secondary N) is 2. The molecule has 1 rings (SSSR count). The third-order valence-corrected chi connectivity index (χ3v) is 3.68. The van der Waals surface area contributed by atoms with Gasteiger partial charge in [0.2, 0.25) is 5.91 Å². The summed E-state index contributed by atoms with van der Waals surface area (Å²) in [6.45, 7) is 8.40. The number of amides is 1. The Morgan fingerprint density at radius 3 is 3.00 bits per heavy atom. The first-order valence-electron chi connectivity index (χ1n) is 5.42. The van der Waals surface area contributed by atoms with Gasteiger partial charge in [0.15, 0.2) is 0 Å². The summed E-state index contributed by atoms with van der Waals surface area (Å²) in [6, 6.07) is 0. The van der Waals surface area contributed by atoms with E-state index in [0.29, 0.717) is 5.92 Å². The van der Waals surface area contributed by atoms with Gasteiger partial charge < -0.3 is 10.6 Å². The molecule has 15 heavy (non-hydrogen) atoms. The van der Waals surface area contributed by atoms with Gasteiger partial charge in [0.1, 0.15) is 0 Å². The van der Waals surface area contributed by atoms with Crippen molar-refractivity contribution >= 4 is 17.7 Å². The van der Waals surface area contributed by atoms with Gasteiger partial charge in [-0.1, -0.05) is 13.0 Å². The Morgan fingerprint density at radius 1 is 1.73 bits per heavy atom. The van der Waals surface area contributed by atoms with E-state index in [-0.39, 0.29) is 11.8 Å². The highest BCUT2D eigenvalue weighted by Crippen LogP contribution is 2.15. The van der Waals surface area contributed by atoms with E-state index in [1.54, 1.807) is 11.8 Å².